The highest BCUT2D eigenvalue weighted by Gasteiger charge is 2.12. The second-order valence-electron chi connectivity index (χ2n) is 9.77. The predicted molar refractivity (Wildman–Crippen MR) is 140 cm³/mol. The van der Waals surface area contributed by atoms with Crippen LogP contribution in [0.1, 0.15) is 162 Å². The summed E-state index contributed by atoms with van der Waals surface area (Å²) in [5, 5.41) is 0. The molecule has 0 aromatic heterocycles. The highest BCUT2D eigenvalue weighted by molar-refractivity contribution is 6.13. The smallest absolute Gasteiger partial charge is 0.0167 e. The number of nitrogens with zero attached hydrogens (tertiary/aromatic N) is 1. The van der Waals surface area contributed by atoms with E-state index in [1.807, 2.05) is 4.42 Å². The van der Waals surface area contributed by atoms with E-state index in [0.29, 0.717) is 0 Å². The molecule has 0 saturated heterocycles. The van der Waals surface area contributed by atoms with Crippen LogP contribution in [0.25, 0.3) is 0 Å². The molecule has 0 aliphatic rings. The van der Waals surface area contributed by atoms with E-state index in [9.17, 15) is 0 Å². The SMILES string of the molecule is CCCCCCCCCCCCC(CCCCCCCCCCCC)CN(Cl)CC. The molecule has 0 fully saturated rings. The van der Waals surface area contributed by atoms with E-state index < -0.39 is 0 Å². The lowest BCUT2D eigenvalue weighted by Crippen LogP contribution is -2.21. The van der Waals surface area contributed by atoms with Gasteiger partial charge in [0.25, 0.3) is 0 Å². The Labute approximate surface area is 197 Å². The minimum Gasteiger partial charge on any atom is -0.220 e. The van der Waals surface area contributed by atoms with Crippen molar-refractivity contribution in [1.82, 2.24) is 4.42 Å². The van der Waals surface area contributed by atoms with Gasteiger partial charge in [0.1, 0.15) is 0 Å². The molecular weight excluding hydrogens is 386 g/mol. The van der Waals surface area contributed by atoms with Crippen molar-refractivity contribution in [2.75, 3.05) is 13.1 Å². The molecule has 1 nitrogen and oxygen atoms in total. The van der Waals surface area contributed by atoms with E-state index in [0.717, 1.165) is 19.0 Å². The maximum Gasteiger partial charge on any atom is 0.0167 e. The van der Waals surface area contributed by atoms with Gasteiger partial charge in [0, 0.05) is 13.1 Å². The van der Waals surface area contributed by atoms with Crippen LogP contribution in [-0.2, 0) is 0 Å². The van der Waals surface area contributed by atoms with Gasteiger partial charge in [-0.1, -0.05) is 149 Å². The number of hydrogen-bond acceptors (Lipinski definition) is 1. The molecule has 0 N–H and O–H groups in total. The lowest BCUT2D eigenvalue weighted by Gasteiger charge is -2.21. The third-order valence-electron chi connectivity index (χ3n) is 6.73. The van der Waals surface area contributed by atoms with Crippen molar-refractivity contribution in [2.24, 2.45) is 5.92 Å². The summed E-state index contributed by atoms with van der Waals surface area (Å²) in [5.41, 5.74) is 0. The minimum absolute atomic E-state index is 0.811. The summed E-state index contributed by atoms with van der Waals surface area (Å²) in [6.07, 6.45) is 31.4. The maximum absolute atomic E-state index is 6.36. The Balaban J connectivity index is 3.66. The molecule has 0 aliphatic carbocycles. The van der Waals surface area contributed by atoms with Gasteiger partial charge >= 0.3 is 0 Å². The van der Waals surface area contributed by atoms with Crippen LogP contribution >= 0.6 is 11.8 Å². The largest absolute Gasteiger partial charge is 0.220 e. The zero-order valence-electron chi connectivity index (χ0n) is 21.4. The van der Waals surface area contributed by atoms with Crippen LogP contribution in [0.2, 0.25) is 0 Å². The van der Waals surface area contributed by atoms with Crippen molar-refractivity contribution in [3.8, 4) is 0 Å². The molecule has 2 heteroatoms. The highest BCUT2D eigenvalue weighted by Crippen LogP contribution is 2.21. The Kier molecular flexibility index (Phi) is 25.7. The molecule has 0 radical (unpaired) electrons. The number of unbranched alkanes of at least 4 members (excludes halogenated alkanes) is 18. The molecule has 0 saturated carbocycles. The molecule has 0 aliphatic heterocycles. The van der Waals surface area contributed by atoms with Crippen molar-refractivity contribution in [3.63, 3.8) is 0 Å². The molecule has 0 unspecified atom stereocenters. The molecule has 0 atom stereocenters. The Morgan fingerprint density at radius 3 is 1.07 bits per heavy atom. The van der Waals surface area contributed by atoms with Gasteiger partial charge in [0.15, 0.2) is 0 Å². The van der Waals surface area contributed by atoms with Gasteiger partial charge < -0.3 is 0 Å². The number of halogens is 1. The lowest BCUT2D eigenvalue weighted by atomic mass is 9.94. The van der Waals surface area contributed by atoms with Crippen molar-refractivity contribution in [1.29, 1.82) is 0 Å². The molecule has 0 spiro atoms. The van der Waals surface area contributed by atoms with Crippen LogP contribution in [0, 0.1) is 5.92 Å². The normalized spacial score (nSPS) is 11.8. The van der Waals surface area contributed by atoms with Gasteiger partial charge in [0.2, 0.25) is 0 Å². The van der Waals surface area contributed by atoms with Gasteiger partial charge in [-0.25, -0.2) is 4.42 Å². The number of rotatable bonds is 25. The fraction of sp³-hybridized carbons (Fsp3) is 1.00. The quantitative estimate of drug-likeness (QED) is 0.100. The van der Waals surface area contributed by atoms with E-state index in [2.05, 4.69) is 20.8 Å². The third kappa shape index (κ3) is 22.9. The fourth-order valence-corrected chi connectivity index (χ4v) is 4.77. The van der Waals surface area contributed by atoms with E-state index in [-0.39, 0.29) is 0 Å². The first kappa shape index (κ1) is 30.2. The second kappa shape index (κ2) is 25.5. The Morgan fingerprint density at radius 2 is 0.767 bits per heavy atom. The highest BCUT2D eigenvalue weighted by atomic mass is 35.5. The average molecular weight is 444 g/mol. The molecule has 0 aromatic rings. The Morgan fingerprint density at radius 1 is 0.467 bits per heavy atom. The molecular formula is C28H58ClN. The fourth-order valence-electron chi connectivity index (χ4n) is 4.58. The molecule has 30 heavy (non-hydrogen) atoms. The molecule has 0 rings (SSSR count). The van der Waals surface area contributed by atoms with E-state index in [1.165, 1.54) is 141 Å². The van der Waals surface area contributed by atoms with Crippen LogP contribution in [0.4, 0.5) is 0 Å². The topological polar surface area (TPSA) is 3.24 Å². The summed E-state index contributed by atoms with van der Waals surface area (Å²) in [6, 6.07) is 0. The van der Waals surface area contributed by atoms with E-state index >= 15 is 0 Å². The second-order valence-corrected chi connectivity index (χ2v) is 10.2. The van der Waals surface area contributed by atoms with Crippen molar-refractivity contribution in [3.05, 3.63) is 0 Å². The monoisotopic (exact) mass is 443 g/mol. The van der Waals surface area contributed by atoms with Gasteiger partial charge in [-0.3, -0.25) is 0 Å². The van der Waals surface area contributed by atoms with Crippen LogP contribution in [0.15, 0.2) is 0 Å². The first-order valence-corrected chi connectivity index (χ1v) is 14.5. The summed E-state index contributed by atoms with van der Waals surface area (Å²) >= 11 is 6.36. The first-order valence-electron chi connectivity index (χ1n) is 14.1. The van der Waals surface area contributed by atoms with Crippen molar-refractivity contribution >= 4 is 11.8 Å². The third-order valence-corrected chi connectivity index (χ3v) is 7.11. The van der Waals surface area contributed by atoms with Crippen LogP contribution in [-0.4, -0.2) is 17.5 Å². The first-order chi connectivity index (χ1) is 14.7. The van der Waals surface area contributed by atoms with Crippen LogP contribution < -0.4 is 0 Å². The zero-order chi connectivity index (χ0) is 22.1. The van der Waals surface area contributed by atoms with Crippen LogP contribution in [0.5, 0.6) is 0 Å². The standard InChI is InChI=1S/C28H58ClN/c1-4-7-9-11-13-15-17-19-21-23-25-28(27-30(29)6-3)26-24-22-20-18-16-14-12-10-8-5-2/h28H,4-27H2,1-3H3. The van der Waals surface area contributed by atoms with E-state index in [1.54, 1.807) is 0 Å². The molecule has 0 bridgehead atoms. The predicted octanol–water partition coefficient (Wildman–Crippen LogP) is 10.7. The summed E-state index contributed by atoms with van der Waals surface area (Å²) in [5.74, 6) is 0.811. The van der Waals surface area contributed by atoms with Crippen molar-refractivity contribution < 1.29 is 0 Å². The zero-order valence-corrected chi connectivity index (χ0v) is 22.1. The Bertz CT molecular complexity index is 283. The lowest BCUT2D eigenvalue weighted by molar-refractivity contribution is 0.319. The van der Waals surface area contributed by atoms with Gasteiger partial charge in [-0.15, -0.1) is 0 Å². The maximum atomic E-state index is 6.36. The molecule has 182 valence electrons. The molecule has 0 aromatic carbocycles. The van der Waals surface area contributed by atoms with E-state index in [4.69, 9.17) is 11.8 Å². The summed E-state index contributed by atoms with van der Waals surface area (Å²) in [6.45, 7) is 8.83. The molecule has 0 heterocycles. The molecule has 0 amide bonds. The minimum atomic E-state index is 0.811. The van der Waals surface area contributed by atoms with Crippen LogP contribution in [0.3, 0.4) is 0 Å². The summed E-state index contributed by atoms with van der Waals surface area (Å²) in [4.78, 5) is 0. The average Bonchev–Trinajstić information content (AvgIpc) is 2.75. The van der Waals surface area contributed by atoms with Crippen molar-refractivity contribution in [2.45, 2.75) is 162 Å². The van der Waals surface area contributed by atoms with Gasteiger partial charge in [0.05, 0.1) is 0 Å². The summed E-state index contributed by atoms with van der Waals surface area (Å²) in [7, 11) is 0. The Hall–Kier alpha value is 0.250. The van der Waals surface area contributed by atoms with Gasteiger partial charge in [-0.05, 0) is 30.5 Å². The van der Waals surface area contributed by atoms with Gasteiger partial charge in [-0.2, -0.15) is 0 Å². The number of hydrogen-bond donors (Lipinski definition) is 0. The summed E-state index contributed by atoms with van der Waals surface area (Å²) < 4.78 is 2.01.